The normalized spacial score (nSPS) is 12.3. The minimum absolute atomic E-state index is 0.00657. The Balaban J connectivity index is 3.00. The Morgan fingerprint density at radius 3 is 2.38 bits per heavy atom. The summed E-state index contributed by atoms with van der Waals surface area (Å²) in [6.45, 7) is 3.58. The van der Waals surface area contributed by atoms with Gasteiger partial charge in [-0.1, -0.05) is 50.1 Å². The maximum Gasteiger partial charge on any atom is 0.331 e. The van der Waals surface area contributed by atoms with Gasteiger partial charge in [-0.15, -0.1) is 0 Å². The van der Waals surface area contributed by atoms with Crippen LogP contribution in [0.3, 0.4) is 0 Å². The first-order valence-corrected chi connectivity index (χ1v) is 7.26. The summed E-state index contributed by atoms with van der Waals surface area (Å²) in [5, 5.41) is 8.99. The van der Waals surface area contributed by atoms with E-state index in [1.165, 1.54) is 13.0 Å². The summed E-state index contributed by atoms with van der Waals surface area (Å²) in [6.07, 6.45) is 6.56. The average molecular weight is 286 g/mol. The SMILES string of the molecule is CCCCCC(=O)C(=Cc1ccccc1)/C=C(\C)C(=O)O. The number of rotatable bonds is 8. The number of unbranched alkanes of at least 4 members (excludes halogenated alkanes) is 2. The molecule has 0 amide bonds. The van der Waals surface area contributed by atoms with Crippen molar-refractivity contribution in [3.63, 3.8) is 0 Å². The Morgan fingerprint density at radius 2 is 1.81 bits per heavy atom. The van der Waals surface area contributed by atoms with Gasteiger partial charge in [-0.3, -0.25) is 4.79 Å². The van der Waals surface area contributed by atoms with E-state index in [9.17, 15) is 9.59 Å². The number of carbonyl (C=O) groups is 2. The second kappa shape index (κ2) is 8.90. The van der Waals surface area contributed by atoms with Gasteiger partial charge in [0.05, 0.1) is 0 Å². The van der Waals surface area contributed by atoms with Gasteiger partial charge in [-0.2, -0.15) is 0 Å². The molecule has 0 saturated heterocycles. The molecule has 0 atom stereocenters. The second-order valence-corrected chi connectivity index (χ2v) is 5.02. The standard InChI is InChI=1S/C18H22O3/c1-3-4-6-11-17(19)16(12-14(2)18(20)21)13-15-9-7-5-8-10-15/h5,7-10,12-13H,3-4,6,11H2,1-2H3,(H,20,21)/b14-12+,16-13?. The lowest BCUT2D eigenvalue weighted by molar-refractivity contribution is -0.132. The van der Waals surface area contributed by atoms with Crippen LogP contribution in [0.4, 0.5) is 0 Å². The van der Waals surface area contributed by atoms with Crippen LogP contribution in [0.25, 0.3) is 6.08 Å². The minimum Gasteiger partial charge on any atom is -0.478 e. The van der Waals surface area contributed by atoms with Crippen molar-refractivity contribution >= 4 is 17.8 Å². The molecule has 0 aliphatic rings. The number of benzene rings is 1. The van der Waals surface area contributed by atoms with Crippen LogP contribution in [0, 0.1) is 0 Å². The molecule has 0 unspecified atom stereocenters. The summed E-state index contributed by atoms with van der Waals surface area (Å²) < 4.78 is 0. The molecule has 3 nitrogen and oxygen atoms in total. The average Bonchev–Trinajstić information content (AvgIpc) is 2.47. The van der Waals surface area contributed by atoms with Crippen LogP contribution in [-0.2, 0) is 9.59 Å². The van der Waals surface area contributed by atoms with E-state index in [2.05, 4.69) is 6.92 Å². The molecule has 1 N–H and O–H groups in total. The second-order valence-electron chi connectivity index (χ2n) is 5.02. The number of carboxylic acid groups (broad SMARTS) is 1. The monoisotopic (exact) mass is 286 g/mol. The summed E-state index contributed by atoms with van der Waals surface area (Å²) in [7, 11) is 0. The number of allylic oxidation sites excluding steroid dienone is 2. The zero-order valence-electron chi connectivity index (χ0n) is 12.6. The Morgan fingerprint density at radius 1 is 1.14 bits per heavy atom. The molecule has 21 heavy (non-hydrogen) atoms. The van der Waals surface area contributed by atoms with Crippen molar-refractivity contribution in [3.05, 3.63) is 53.1 Å². The first-order chi connectivity index (χ1) is 10.0. The van der Waals surface area contributed by atoms with Crippen molar-refractivity contribution in [2.45, 2.75) is 39.5 Å². The number of carbonyl (C=O) groups excluding carboxylic acids is 1. The van der Waals surface area contributed by atoms with E-state index >= 15 is 0 Å². The van der Waals surface area contributed by atoms with Crippen LogP contribution < -0.4 is 0 Å². The van der Waals surface area contributed by atoms with Crippen LogP contribution in [0.1, 0.15) is 45.1 Å². The molecule has 0 spiro atoms. The van der Waals surface area contributed by atoms with Crippen LogP contribution in [0.2, 0.25) is 0 Å². The highest BCUT2D eigenvalue weighted by atomic mass is 16.4. The highest BCUT2D eigenvalue weighted by molar-refractivity contribution is 6.03. The minimum atomic E-state index is -1.00. The summed E-state index contributed by atoms with van der Waals surface area (Å²) >= 11 is 0. The van der Waals surface area contributed by atoms with Gasteiger partial charge >= 0.3 is 5.97 Å². The predicted molar refractivity (Wildman–Crippen MR) is 85.0 cm³/mol. The van der Waals surface area contributed by atoms with Crippen LogP contribution in [0.15, 0.2) is 47.6 Å². The zero-order chi connectivity index (χ0) is 15.7. The van der Waals surface area contributed by atoms with E-state index in [1.54, 1.807) is 6.08 Å². The number of hydrogen-bond donors (Lipinski definition) is 1. The molecule has 0 aromatic heterocycles. The lowest BCUT2D eigenvalue weighted by Crippen LogP contribution is -2.04. The number of hydrogen-bond acceptors (Lipinski definition) is 2. The maximum atomic E-state index is 12.3. The Bertz CT molecular complexity index is 539. The predicted octanol–water partition coefficient (Wildman–Crippen LogP) is 4.25. The molecular weight excluding hydrogens is 264 g/mol. The van der Waals surface area contributed by atoms with Gasteiger partial charge in [-0.05, 0) is 31.1 Å². The lowest BCUT2D eigenvalue weighted by Gasteiger charge is -2.04. The molecule has 0 aliphatic heterocycles. The van der Waals surface area contributed by atoms with Gasteiger partial charge in [-0.25, -0.2) is 4.79 Å². The van der Waals surface area contributed by atoms with Gasteiger partial charge in [0.1, 0.15) is 0 Å². The molecule has 1 rings (SSSR count). The fraction of sp³-hybridized carbons (Fsp3) is 0.333. The maximum absolute atomic E-state index is 12.3. The Kier molecular flexibility index (Phi) is 7.16. The number of aliphatic carboxylic acids is 1. The van der Waals surface area contributed by atoms with Crippen LogP contribution in [0.5, 0.6) is 0 Å². The Labute approximate surface area is 126 Å². The van der Waals surface area contributed by atoms with Crippen molar-refractivity contribution in [1.29, 1.82) is 0 Å². The van der Waals surface area contributed by atoms with Crippen molar-refractivity contribution in [3.8, 4) is 0 Å². The third-order valence-corrected chi connectivity index (χ3v) is 3.16. The summed E-state index contributed by atoms with van der Waals surface area (Å²) in [4.78, 5) is 23.2. The quantitative estimate of drug-likeness (QED) is 0.441. The fourth-order valence-corrected chi connectivity index (χ4v) is 1.91. The first kappa shape index (κ1) is 16.9. The van der Waals surface area contributed by atoms with Gasteiger partial charge in [0, 0.05) is 17.6 Å². The van der Waals surface area contributed by atoms with Crippen molar-refractivity contribution in [2.75, 3.05) is 0 Å². The Hall–Kier alpha value is -2.16. The molecule has 3 heteroatoms. The summed E-state index contributed by atoms with van der Waals surface area (Å²) in [5.74, 6) is -1.01. The molecule has 0 aliphatic carbocycles. The van der Waals surface area contributed by atoms with E-state index in [-0.39, 0.29) is 11.4 Å². The molecule has 0 fully saturated rings. The molecule has 1 aromatic rings. The van der Waals surface area contributed by atoms with Crippen molar-refractivity contribution < 1.29 is 14.7 Å². The topological polar surface area (TPSA) is 54.4 Å². The van der Waals surface area contributed by atoms with E-state index in [1.807, 2.05) is 30.3 Å². The largest absolute Gasteiger partial charge is 0.478 e. The molecule has 112 valence electrons. The zero-order valence-corrected chi connectivity index (χ0v) is 12.6. The smallest absolute Gasteiger partial charge is 0.331 e. The van der Waals surface area contributed by atoms with E-state index in [0.29, 0.717) is 12.0 Å². The fourth-order valence-electron chi connectivity index (χ4n) is 1.91. The highest BCUT2D eigenvalue weighted by Crippen LogP contribution is 2.14. The van der Waals surface area contributed by atoms with Gasteiger partial charge < -0.3 is 5.11 Å². The summed E-state index contributed by atoms with van der Waals surface area (Å²) in [5.41, 5.74) is 1.52. The molecule has 0 radical (unpaired) electrons. The summed E-state index contributed by atoms with van der Waals surface area (Å²) in [6, 6.07) is 9.46. The highest BCUT2D eigenvalue weighted by Gasteiger charge is 2.10. The molecule has 0 bridgehead atoms. The number of carboxylic acids is 1. The first-order valence-electron chi connectivity index (χ1n) is 7.26. The molecule has 1 aromatic carbocycles. The van der Waals surface area contributed by atoms with Crippen LogP contribution >= 0.6 is 0 Å². The van der Waals surface area contributed by atoms with Crippen molar-refractivity contribution in [1.82, 2.24) is 0 Å². The number of Topliss-reactive ketones (excluding diaryl/α,β-unsaturated/α-hetero) is 1. The van der Waals surface area contributed by atoms with Gasteiger partial charge in [0.2, 0.25) is 0 Å². The van der Waals surface area contributed by atoms with Gasteiger partial charge in [0.25, 0.3) is 0 Å². The molecule has 0 saturated carbocycles. The van der Waals surface area contributed by atoms with Crippen molar-refractivity contribution in [2.24, 2.45) is 0 Å². The third kappa shape index (κ3) is 6.21. The number of ketones is 1. The van der Waals surface area contributed by atoms with Gasteiger partial charge in [0.15, 0.2) is 5.78 Å². The van der Waals surface area contributed by atoms with E-state index in [4.69, 9.17) is 5.11 Å². The van der Waals surface area contributed by atoms with E-state index in [0.717, 1.165) is 24.8 Å². The van der Waals surface area contributed by atoms with Crippen LogP contribution in [-0.4, -0.2) is 16.9 Å². The van der Waals surface area contributed by atoms with E-state index < -0.39 is 5.97 Å². The third-order valence-electron chi connectivity index (χ3n) is 3.16. The molecular formula is C18H22O3. The lowest BCUT2D eigenvalue weighted by atomic mass is 10.00. The molecule has 0 heterocycles.